The number of halogens is 1. The molecule has 0 aliphatic rings. The van der Waals surface area contributed by atoms with E-state index < -0.39 is 0 Å². The molecule has 24 heavy (non-hydrogen) atoms. The first kappa shape index (κ1) is 18.2. The summed E-state index contributed by atoms with van der Waals surface area (Å²) in [7, 11) is 3.75. The second-order valence-corrected chi connectivity index (χ2v) is 6.61. The van der Waals surface area contributed by atoms with Gasteiger partial charge in [0.05, 0.1) is 12.0 Å². The van der Waals surface area contributed by atoms with Crippen LogP contribution in [0.1, 0.15) is 11.3 Å². The summed E-state index contributed by atoms with van der Waals surface area (Å²) >= 11 is 7.22. The minimum Gasteiger partial charge on any atom is -0.347 e. The SMILES string of the molecule is Cc1cc(SCC(=O)N/N=C/c2cccc(Cl)c2)nc(N(C)C)n1. The third-order valence-electron chi connectivity index (χ3n) is 2.82. The van der Waals surface area contributed by atoms with Gasteiger partial charge >= 0.3 is 0 Å². The number of rotatable bonds is 6. The lowest BCUT2D eigenvalue weighted by Crippen LogP contribution is -2.20. The first-order valence-electron chi connectivity index (χ1n) is 7.17. The number of anilines is 1. The highest BCUT2D eigenvalue weighted by atomic mass is 35.5. The van der Waals surface area contributed by atoms with Crippen LogP contribution in [0.15, 0.2) is 40.5 Å². The van der Waals surface area contributed by atoms with Crippen molar-refractivity contribution >= 4 is 41.4 Å². The van der Waals surface area contributed by atoms with Crippen LogP contribution in [0.25, 0.3) is 0 Å². The first-order valence-corrected chi connectivity index (χ1v) is 8.53. The van der Waals surface area contributed by atoms with Crippen molar-refractivity contribution in [3.05, 3.63) is 46.6 Å². The van der Waals surface area contributed by atoms with Crippen LogP contribution in [-0.4, -0.2) is 41.9 Å². The van der Waals surface area contributed by atoms with Gasteiger partial charge in [-0.05, 0) is 30.7 Å². The maximum atomic E-state index is 11.9. The summed E-state index contributed by atoms with van der Waals surface area (Å²) in [6.07, 6.45) is 1.55. The molecule has 0 radical (unpaired) electrons. The molecule has 1 aromatic heterocycles. The Morgan fingerprint density at radius 1 is 1.38 bits per heavy atom. The molecular formula is C16H18ClN5OS. The second kappa shape index (κ2) is 8.65. The number of benzene rings is 1. The Morgan fingerprint density at radius 3 is 2.88 bits per heavy atom. The highest BCUT2D eigenvalue weighted by molar-refractivity contribution is 7.99. The molecule has 126 valence electrons. The predicted molar refractivity (Wildman–Crippen MR) is 99.0 cm³/mol. The zero-order valence-electron chi connectivity index (χ0n) is 13.7. The molecule has 0 spiro atoms. The Bertz CT molecular complexity index is 751. The second-order valence-electron chi connectivity index (χ2n) is 5.18. The summed E-state index contributed by atoms with van der Waals surface area (Å²) in [6, 6.07) is 9.06. The van der Waals surface area contributed by atoms with Gasteiger partial charge in [-0.15, -0.1) is 0 Å². The largest absolute Gasteiger partial charge is 0.347 e. The summed E-state index contributed by atoms with van der Waals surface area (Å²) < 4.78 is 0. The number of carbonyl (C=O) groups is 1. The van der Waals surface area contributed by atoms with E-state index in [0.29, 0.717) is 11.0 Å². The van der Waals surface area contributed by atoms with Crippen molar-refractivity contribution in [2.24, 2.45) is 5.10 Å². The van der Waals surface area contributed by atoms with Gasteiger partial charge in [0.2, 0.25) is 11.9 Å². The Balaban J connectivity index is 1.87. The van der Waals surface area contributed by atoms with Crippen molar-refractivity contribution in [2.45, 2.75) is 11.9 Å². The zero-order chi connectivity index (χ0) is 17.5. The van der Waals surface area contributed by atoms with E-state index in [2.05, 4.69) is 20.5 Å². The fraction of sp³-hybridized carbons (Fsp3) is 0.250. The average Bonchev–Trinajstić information content (AvgIpc) is 2.52. The number of nitrogens with zero attached hydrogens (tertiary/aromatic N) is 4. The number of aryl methyl sites for hydroxylation is 1. The standard InChI is InChI=1S/C16H18ClN5OS/c1-11-7-15(20-16(19-11)22(2)3)24-10-14(23)21-18-9-12-5-4-6-13(17)8-12/h4-9H,10H2,1-3H3,(H,21,23)/b18-9+. The number of aromatic nitrogens is 2. The number of thioether (sulfide) groups is 1. The lowest BCUT2D eigenvalue weighted by atomic mass is 10.2. The molecule has 8 heteroatoms. The quantitative estimate of drug-likeness (QED) is 0.370. The van der Waals surface area contributed by atoms with Crippen LogP contribution in [0, 0.1) is 6.92 Å². The first-order chi connectivity index (χ1) is 11.4. The molecule has 1 aromatic carbocycles. The number of amides is 1. The lowest BCUT2D eigenvalue weighted by Gasteiger charge is -2.11. The molecule has 0 saturated carbocycles. The minimum absolute atomic E-state index is 0.207. The molecule has 0 aliphatic heterocycles. The van der Waals surface area contributed by atoms with Crippen LogP contribution < -0.4 is 10.3 Å². The van der Waals surface area contributed by atoms with E-state index in [0.717, 1.165) is 16.3 Å². The molecule has 0 unspecified atom stereocenters. The summed E-state index contributed by atoms with van der Waals surface area (Å²) in [4.78, 5) is 22.4. The van der Waals surface area contributed by atoms with Gasteiger partial charge in [-0.25, -0.2) is 15.4 Å². The van der Waals surface area contributed by atoms with E-state index >= 15 is 0 Å². The van der Waals surface area contributed by atoms with Crippen LogP contribution in [0.5, 0.6) is 0 Å². The fourth-order valence-corrected chi connectivity index (χ4v) is 2.68. The minimum atomic E-state index is -0.207. The summed E-state index contributed by atoms with van der Waals surface area (Å²) in [5.41, 5.74) is 4.16. The van der Waals surface area contributed by atoms with Gasteiger partial charge in [-0.3, -0.25) is 4.79 Å². The van der Waals surface area contributed by atoms with Gasteiger partial charge < -0.3 is 4.90 Å². The molecule has 1 N–H and O–H groups in total. The third-order valence-corrected chi connectivity index (χ3v) is 3.97. The number of nitrogens with one attached hydrogen (secondary N) is 1. The van der Waals surface area contributed by atoms with E-state index in [1.54, 1.807) is 18.3 Å². The Kier molecular flexibility index (Phi) is 6.57. The number of carbonyl (C=O) groups excluding carboxylic acids is 1. The fourth-order valence-electron chi connectivity index (χ4n) is 1.74. The highest BCUT2D eigenvalue weighted by Crippen LogP contribution is 2.18. The molecule has 6 nitrogen and oxygen atoms in total. The van der Waals surface area contributed by atoms with E-state index in [1.807, 2.05) is 44.1 Å². The number of hydrogen-bond donors (Lipinski definition) is 1. The monoisotopic (exact) mass is 363 g/mol. The van der Waals surface area contributed by atoms with Crippen LogP contribution >= 0.6 is 23.4 Å². The molecule has 0 aliphatic carbocycles. The predicted octanol–water partition coefficient (Wildman–Crippen LogP) is 2.75. The average molecular weight is 364 g/mol. The van der Waals surface area contributed by atoms with Crippen LogP contribution in [0.4, 0.5) is 5.95 Å². The Hall–Kier alpha value is -2.12. The van der Waals surface area contributed by atoms with E-state index in [4.69, 9.17) is 11.6 Å². The molecular weight excluding hydrogens is 346 g/mol. The van der Waals surface area contributed by atoms with Gasteiger partial charge in [-0.1, -0.05) is 35.5 Å². The van der Waals surface area contributed by atoms with Crippen molar-refractivity contribution < 1.29 is 4.79 Å². The summed E-state index contributed by atoms with van der Waals surface area (Å²) in [6.45, 7) is 1.90. The molecule has 1 amide bonds. The lowest BCUT2D eigenvalue weighted by molar-refractivity contribution is -0.118. The Labute approximate surface area is 150 Å². The molecule has 0 bridgehead atoms. The Morgan fingerprint density at radius 2 is 2.17 bits per heavy atom. The van der Waals surface area contributed by atoms with Crippen molar-refractivity contribution in [3.63, 3.8) is 0 Å². The number of hydrazone groups is 1. The van der Waals surface area contributed by atoms with Crippen molar-refractivity contribution in [1.82, 2.24) is 15.4 Å². The van der Waals surface area contributed by atoms with E-state index in [-0.39, 0.29) is 11.7 Å². The normalized spacial score (nSPS) is 10.8. The van der Waals surface area contributed by atoms with Gasteiger partial charge in [0.25, 0.3) is 0 Å². The molecule has 1 heterocycles. The highest BCUT2D eigenvalue weighted by Gasteiger charge is 2.07. The maximum absolute atomic E-state index is 11.9. The van der Waals surface area contributed by atoms with Crippen LogP contribution in [0.3, 0.4) is 0 Å². The number of hydrogen-bond acceptors (Lipinski definition) is 6. The van der Waals surface area contributed by atoms with E-state index in [9.17, 15) is 4.79 Å². The summed E-state index contributed by atoms with van der Waals surface area (Å²) in [5, 5.41) is 5.29. The van der Waals surface area contributed by atoms with Crippen LogP contribution in [-0.2, 0) is 4.79 Å². The van der Waals surface area contributed by atoms with Crippen molar-refractivity contribution in [2.75, 3.05) is 24.7 Å². The molecule has 2 rings (SSSR count). The van der Waals surface area contributed by atoms with Crippen molar-refractivity contribution in [1.29, 1.82) is 0 Å². The van der Waals surface area contributed by atoms with Gasteiger partial charge in [0.15, 0.2) is 0 Å². The van der Waals surface area contributed by atoms with Gasteiger partial charge in [0.1, 0.15) is 5.03 Å². The maximum Gasteiger partial charge on any atom is 0.250 e. The molecule has 0 atom stereocenters. The van der Waals surface area contributed by atoms with E-state index in [1.165, 1.54) is 11.8 Å². The zero-order valence-corrected chi connectivity index (χ0v) is 15.2. The molecule has 0 saturated heterocycles. The van der Waals surface area contributed by atoms with Crippen molar-refractivity contribution in [3.8, 4) is 0 Å². The smallest absolute Gasteiger partial charge is 0.250 e. The molecule has 2 aromatic rings. The topological polar surface area (TPSA) is 70.5 Å². The van der Waals surface area contributed by atoms with Gasteiger partial charge in [0, 0.05) is 24.8 Å². The molecule has 0 fully saturated rings. The van der Waals surface area contributed by atoms with Crippen LogP contribution in [0.2, 0.25) is 5.02 Å². The van der Waals surface area contributed by atoms with Gasteiger partial charge in [-0.2, -0.15) is 5.10 Å². The summed E-state index contributed by atoms with van der Waals surface area (Å²) in [5.74, 6) is 0.633. The third kappa shape index (κ3) is 5.82.